The Morgan fingerprint density at radius 3 is 2.75 bits per heavy atom. The summed E-state index contributed by atoms with van der Waals surface area (Å²) in [5.74, 6) is 0.0930. The van der Waals surface area contributed by atoms with E-state index in [-0.39, 0.29) is 23.6 Å². The molecule has 7 heteroatoms. The molecule has 1 aliphatic rings. The topological polar surface area (TPSA) is 62.4 Å². The van der Waals surface area contributed by atoms with Gasteiger partial charge in [-0.1, -0.05) is 29.3 Å². The van der Waals surface area contributed by atoms with Gasteiger partial charge >= 0.3 is 6.03 Å². The number of hydrogen-bond acceptors (Lipinski definition) is 3. The highest BCUT2D eigenvalue weighted by Crippen LogP contribution is 2.31. The fraction of sp³-hybridized carbons (Fsp3) is 0.588. The number of carbonyl (C=O) groups is 1. The Morgan fingerprint density at radius 2 is 2.08 bits per heavy atom. The van der Waals surface area contributed by atoms with Crippen molar-refractivity contribution in [1.82, 2.24) is 16.0 Å². The molecule has 1 aliphatic heterocycles. The van der Waals surface area contributed by atoms with Crippen LogP contribution >= 0.6 is 23.2 Å². The first-order valence-electron chi connectivity index (χ1n) is 8.09. The highest BCUT2D eigenvalue weighted by molar-refractivity contribution is 6.42. The molecule has 0 aromatic heterocycles. The Labute approximate surface area is 153 Å². The van der Waals surface area contributed by atoms with Gasteiger partial charge in [-0.25, -0.2) is 4.79 Å². The third-order valence-corrected chi connectivity index (χ3v) is 4.44. The maximum atomic E-state index is 12.0. The van der Waals surface area contributed by atoms with Crippen molar-refractivity contribution in [2.24, 2.45) is 5.92 Å². The van der Waals surface area contributed by atoms with E-state index in [1.165, 1.54) is 0 Å². The molecule has 24 heavy (non-hydrogen) atoms. The molecule has 134 valence electrons. The average molecular weight is 374 g/mol. The molecule has 1 saturated heterocycles. The maximum absolute atomic E-state index is 12.0. The highest BCUT2D eigenvalue weighted by Gasteiger charge is 2.27. The summed E-state index contributed by atoms with van der Waals surface area (Å²) in [5, 5.41) is 10.2. The van der Waals surface area contributed by atoms with Crippen LogP contribution in [0.5, 0.6) is 0 Å². The summed E-state index contributed by atoms with van der Waals surface area (Å²) in [6, 6.07) is 5.35. The van der Waals surface area contributed by atoms with Crippen LogP contribution in [0.3, 0.4) is 0 Å². The summed E-state index contributed by atoms with van der Waals surface area (Å²) >= 11 is 12.1. The predicted octanol–water partition coefficient (Wildman–Crippen LogP) is 3.37. The molecule has 3 N–H and O–H groups in total. The fourth-order valence-corrected chi connectivity index (χ4v) is 2.94. The van der Waals surface area contributed by atoms with Crippen molar-refractivity contribution in [3.63, 3.8) is 0 Å². The van der Waals surface area contributed by atoms with Crippen LogP contribution in [0.15, 0.2) is 18.2 Å². The van der Waals surface area contributed by atoms with E-state index in [4.69, 9.17) is 27.9 Å². The first kappa shape index (κ1) is 19.3. The molecule has 0 bridgehead atoms. The van der Waals surface area contributed by atoms with E-state index in [1.54, 1.807) is 6.07 Å². The highest BCUT2D eigenvalue weighted by atomic mass is 35.5. The summed E-state index contributed by atoms with van der Waals surface area (Å²) in [5.41, 5.74) is 0.696. The normalized spacial score (nSPS) is 21.9. The predicted molar refractivity (Wildman–Crippen MR) is 97.8 cm³/mol. The SMILES string of the molecule is CC(C)(C)NC(=O)NC[C@@H]1CNCCO[C@H]1c1ccc(Cl)c(Cl)c1. The quantitative estimate of drug-likeness (QED) is 0.760. The summed E-state index contributed by atoms with van der Waals surface area (Å²) in [4.78, 5) is 12.0. The van der Waals surface area contributed by atoms with E-state index >= 15 is 0 Å². The second-order valence-electron chi connectivity index (χ2n) is 7.01. The zero-order valence-corrected chi connectivity index (χ0v) is 15.8. The molecule has 2 atom stereocenters. The molecule has 1 aromatic rings. The van der Waals surface area contributed by atoms with Crippen LogP contribution < -0.4 is 16.0 Å². The van der Waals surface area contributed by atoms with Crippen molar-refractivity contribution in [2.45, 2.75) is 32.4 Å². The molecule has 0 unspecified atom stereocenters. The van der Waals surface area contributed by atoms with Crippen molar-refractivity contribution in [3.05, 3.63) is 33.8 Å². The van der Waals surface area contributed by atoms with Crippen LogP contribution in [0.2, 0.25) is 10.0 Å². The van der Waals surface area contributed by atoms with Gasteiger partial charge in [0.15, 0.2) is 0 Å². The number of nitrogens with one attached hydrogen (secondary N) is 3. The molecule has 1 aromatic carbocycles. The van der Waals surface area contributed by atoms with Crippen LogP contribution in [-0.4, -0.2) is 37.8 Å². The first-order valence-corrected chi connectivity index (χ1v) is 8.85. The van der Waals surface area contributed by atoms with Crippen molar-refractivity contribution >= 4 is 29.2 Å². The van der Waals surface area contributed by atoms with Gasteiger partial charge < -0.3 is 20.7 Å². The molecule has 5 nitrogen and oxygen atoms in total. The molecular weight excluding hydrogens is 349 g/mol. The lowest BCUT2D eigenvalue weighted by atomic mass is 9.95. The van der Waals surface area contributed by atoms with E-state index in [9.17, 15) is 4.79 Å². The second-order valence-corrected chi connectivity index (χ2v) is 7.83. The van der Waals surface area contributed by atoms with E-state index in [0.717, 1.165) is 18.7 Å². The molecule has 0 saturated carbocycles. The number of amides is 2. The Balaban J connectivity index is 2.06. The minimum Gasteiger partial charge on any atom is -0.372 e. The van der Waals surface area contributed by atoms with Crippen molar-refractivity contribution in [3.8, 4) is 0 Å². The smallest absolute Gasteiger partial charge is 0.315 e. The van der Waals surface area contributed by atoms with Gasteiger partial charge in [0.2, 0.25) is 0 Å². The lowest BCUT2D eigenvalue weighted by molar-refractivity contribution is 0.0314. The van der Waals surface area contributed by atoms with Gasteiger partial charge in [-0.3, -0.25) is 0 Å². The van der Waals surface area contributed by atoms with Gasteiger partial charge in [-0.15, -0.1) is 0 Å². The van der Waals surface area contributed by atoms with Crippen LogP contribution in [0, 0.1) is 5.92 Å². The zero-order chi connectivity index (χ0) is 17.7. The van der Waals surface area contributed by atoms with Gasteiger partial charge in [0.05, 0.1) is 22.8 Å². The zero-order valence-electron chi connectivity index (χ0n) is 14.3. The Bertz CT molecular complexity index is 575. The lowest BCUT2D eigenvalue weighted by Crippen LogP contribution is -2.48. The number of urea groups is 1. The number of benzene rings is 1. The minimum atomic E-state index is -0.272. The van der Waals surface area contributed by atoms with E-state index in [1.807, 2.05) is 32.9 Å². The lowest BCUT2D eigenvalue weighted by Gasteiger charge is -2.27. The first-order chi connectivity index (χ1) is 11.3. The van der Waals surface area contributed by atoms with Gasteiger partial charge in [0.25, 0.3) is 0 Å². The van der Waals surface area contributed by atoms with Crippen LogP contribution in [0.1, 0.15) is 32.4 Å². The fourth-order valence-electron chi connectivity index (χ4n) is 2.63. The van der Waals surface area contributed by atoms with Gasteiger partial charge in [-0.2, -0.15) is 0 Å². The van der Waals surface area contributed by atoms with E-state index in [0.29, 0.717) is 23.2 Å². The Morgan fingerprint density at radius 1 is 1.33 bits per heavy atom. The third kappa shape index (κ3) is 5.81. The minimum absolute atomic E-state index is 0.0930. The number of halogens is 2. The van der Waals surface area contributed by atoms with Crippen LogP contribution in [-0.2, 0) is 4.74 Å². The summed E-state index contributed by atoms with van der Waals surface area (Å²) in [7, 11) is 0. The maximum Gasteiger partial charge on any atom is 0.315 e. The number of carbonyl (C=O) groups excluding carboxylic acids is 1. The van der Waals surface area contributed by atoms with Gasteiger partial charge in [0.1, 0.15) is 0 Å². The summed E-state index contributed by atoms with van der Waals surface area (Å²) in [6.07, 6.45) is -0.148. The molecule has 2 rings (SSSR count). The average Bonchev–Trinajstić information content (AvgIpc) is 2.71. The number of ether oxygens (including phenoxy) is 1. The van der Waals surface area contributed by atoms with Crippen molar-refractivity contribution in [1.29, 1.82) is 0 Å². The molecule has 1 heterocycles. The van der Waals surface area contributed by atoms with Crippen LogP contribution in [0.25, 0.3) is 0 Å². The largest absolute Gasteiger partial charge is 0.372 e. The standard InChI is InChI=1S/C17H25Cl2N3O2/c1-17(2,3)22-16(23)21-10-12-9-20-6-7-24-15(12)11-4-5-13(18)14(19)8-11/h4-5,8,12,15,20H,6-7,9-10H2,1-3H3,(H2,21,22,23)/t12-,15-/m0/s1. The summed E-state index contributed by atoms with van der Waals surface area (Å²) in [6.45, 7) is 8.48. The molecular formula is C17H25Cl2N3O2. The Kier molecular flexibility index (Phi) is 6.75. The van der Waals surface area contributed by atoms with E-state index < -0.39 is 0 Å². The second kappa shape index (κ2) is 8.39. The summed E-state index contributed by atoms with van der Waals surface area (Å²) < 4.78 is 5.99. The monoisotopic (exact) mass is 373 g/mol. The van der Waals surface area contributed by atoms with Gasteiger partial charge in [-0.05, 0) is 38.5 Å². The number of rotatable bonds is 3. The van der Waals surface area contributed by atoms with Crippen molar-refractivity contribution in [2.75, 3.05) is 26.2 Å². The van der Waals surface area contributed by atoms with E-state index in [2.05, 4.69) is 16.0 Å². The molecule has 2 amide bonds. The Hall–Kier alpha value is -1.01. The van der Waals surface area contributed by atoms with Gasteiger partial charge in [0, 0.05) is 31.1 Å². The van der Waals surface area contributed by atoms with Crippen LogP contribution in [0.4, 0.5) is 4.79 Å². The number of hydrogen-bond donors (Lipinski definition) is 3. The molecule has 0 spiro atoms. The molecule has 0 radical (unpaired) electrons. The third-order valence-electron chi connectivity index (χ3n) is 3.70. The molecule has 0 aliphatic carbocycles. The van der Waals surface area contributed by atoms with Crippen molar-refractivity contribution < 1.29 is 9.53 Å². The molecule has 1 fully saturated rings.